The van der Waals surface area contributed by atoms with Crippen LogP contribution in [0.5, 0.6) is 0 Å². The van der Waals surface area contributed by atoms with Crippen LogP contribution >= 0.6 is 7.26 Å². The second-order valence-corrected chi connectivity index (χ2v) is 12.3. The van der Waals surface area contributed by atoms with Gasteiger partial charge in [-0.3, -0.25) is 4.79 Å². The number of carbonyl (C=O) groups excluding carboxylic acids is 1. The van der Waals surface area contributed by atoms with Crippen molar-refractivity contribution in [3.8, 4) is 0 Å². The van der Waals surface area contributed by atoms with E-state index in [-0.39, 0.29) is 29.9 Å². The molecule has 0 unspecified atom stereocenters. The molecule has 3 aromatic rings. The van der Waals surface area contributed by atoms with Gasteiger partial charge < -0.3 is 28.7 Å². The summed E-state index contributed by atoms with van der Waals surface area (Å²) in [4.78, 5) is 11.1. The minimum Gasteiger partial charge on any atom is -1.00 e. The average Bonchev–Trinajstić information content (AvgIpc) is 2.94. The predicted molar refractivity (Wildman–Crippen MR) is 157 cm³/mol. The molecule has 0 saturated heterocycles. The van der Waals surface area contributed by atoms with Crippen molar-refractivity contribution >= 4 is 29.1 Å². The number of unbranched alkanes of at least 4 members (excludes halogenated alkanes) is 1. The largest absolute Gasteiger partial charge is 1.00 e. The van der Waals surface area contributed by atoms with Crippen LogP contribution < -0.4 is 39.9 Å². The third-order valence-corrected chi connectivity index (χ3v) is 10.7. The highest BCUT2D eigenvalue weighted by atomic mass is 127. The lowest BCUT2D eigenvalue weighted by Crippen LogP contribution is -3.00. The first-order chi connectivity index (χ1) is 17.8. The van der Waals surface area contributed by atoms with Gasteiger partial charge in [-0.15, -0.1) is 0 Å². The Labute approximate surface area is 240 Å². The number of halogens is 1. The zero-order valence-electron chi connectivity index (χ0n) is 21.7. The Morgan fingerprint density at radius 1 is 0.649 bits per heavy atom. The fourth-order valence-corrected chi connectivity index (χ4v) is 8.64. The molecule has 0 aliphatic heterocycles. The van der Waals surface area contributed by atoms with Crippen LogP contribution in [0.25, 0.3) is 0 Å². The number of esters is 1. The Kier molecular flexibility index (Phi) is 14.8. The maximum atomic E-state index is 11.1. The van der Waals surface area contributed by atoms with Crippen LogP contribution in [0.1, 0.15) is 38.5 Å². The number of methoxy groups -OCH3 is 1. The molecule has 0 aliphatic rings. The van der Waals surface area contributed by atoms with Crippen LogP contribution in [0, 0.1) is 0 Å². The highest BCUT2D eigenvalue weighted by molar-refractivity contribution is 7.95. The van der Waals surface area contributed by atoms with Crippen LogP contribution in [-0.2, 0) is 9.53 Å². The number of allylic oxidation sites excluding steroid dienone is 6. The van der Waals surface area contributed by atoms with Crippen LogP contribution in [-0.4, -0.2) is 19.2 Å². The molecule has 0 fully saturated rings. The highest BCUT2D eigenvalue weighted by Crippen LogP contribution is 2.55. The molecule has 0 bridgehead atoms. The molecule has 0 radical (unpaired) electrons. The normalized spacial score (nSPS) is 11.7. The summed E-state index contributed by atoms with van der Waals surface area (Å²) in [5.74, 6) is -0.134. The molecule has 0 aliphatic carbocycles. The molecule has 194 valence electrons. The zero-order chi connectivity index (χ0) is 25.3. The number of carbonyl (C=O) groups is 1. The summed E-state index contributed by atoms with van der Waals surface area (Å²) >= 11 is 0. The Bertz CT molecular complexity index is 1010. The maximum Gasteiger partial charge on any atom is 0.305 e. The quantitative estimate of drug-likeness (QED) is 0.0886. The number of ether oxygens (including phenoxy) is 1. The van der Waals surface area contributed by atoms with Crippen molar-refractivity contribution in [2.24, 2.45) is 0 Å². The van der Waals surface area contributed by atoms with E-state index in [0.717, 1.165) is 38.3 Å². The number of hydrogen-bond acceptors (Lipinski definition) is 2. The highest BCUT2D eigenvalue weighted by Gasteiger charge is 2.44. The van der Waals surface area contributed by atoms with Crippen molar-refractivity contribution < 1.29 is 33.5 Å². The molecule has 0 spiro atoms. The van der Waals surface area contributed by atoms with Gasteiger partial charge in [-0.25, -0.2) is 0 Å². The van der Waals surface area contributed by atoms with Crippen LogP contribution in [0.4, 0.5) is 0 Å². The summed E-state index contributed by atoms with van der Waals surface area (Å²) < 4.78 is 4.66. The first-order valence-electron chi connectivity index (χ1n) is 12.8. The Balaban J connectivity index is 0.00000481. The van der Waals surface area contributed by atoms with E-state index in [9.17, 15) is 4.79 Å². The summed E-state index contributed by atoms with van der Waals surface area (Å²) in [6.07, 6.45) is 19.6. The van der Waals surface area contributed by atoms with Gasteiger partial charge in [0.15, 0.2) is 0 Å². The van der Waals surface area contributed by atoms with Gasteiger partial charge in [0, 0.05) is 12.8 Å². The molecule has 37 heavy (non-hydrogen) atoms. The monoisotopic (exact) mass is 624 g/mol. The van der Waals surface area contributed by atoms with Gasteiger partial charge in [-0.2, -0.15) is 0 Å². The molecule has 0 amide bonds. The van der Waals surface area contributed by atoms with Crippen molar-refractivity contribution in [3.63, 3.8) is 0 Å². The van der Waals surface area contributed by atoms with E-state index in [4.69, 9.17) is 0 Å². The molecule has 0 saturated carbocycles. The third-order valence-electron chi connectivity index (χ3n) is 6.25. The van der Waals surface area contributed by atoms with Crippen molar-refractivity contribution in [1.82, 2.24) is 0 Å². The van der Waals surface area contributed by atoms with Gasteiger partial charge in [-0.05, 0) is 62.1 Å². The standard InChI is InChI=1S/C33H38O2P.HI/c1-35-33(34)28-20-9-7-5-3-2-4-6-8-10-21-29-36(30-22-14-11-15-23-30,31-24-16-12-17-25-31)32-26-18-13-19-27-32;/h2,4-5,7-8,10-19,22-27H,3,6,9,20-21,28-29H2,1H3;1H/q+1;/p-1/b4-2-,7-5-,10-8-;. The topological polar surface area (TPSA) is 26.3 Å². The summed E-state index contributed by atoms with van der Waals surface area (Å²) in [6.45, 7) is 0. The van der Waals surface area contributed by atoms with E-state index < -0.39 is 7.26 Å². The SMILES string of the molecule is COC(=O)CCC/C=C\C/C=C\C/C=C\CC[P+](c1ccccc1)(c1ccccc1)c1ccccc1.[I-]. The van der Waals surface area contributed by atoms with Crippen LogP contribution in [0.15, 0.2) is 127 Å². The van der Waals surface area contributed by atoms with Crippen molar-refractivity contribution in [3.05, 3.63) is 127 Å². The molecule has 0 heterocycles. The van der Waals surface area contributed by atoms with Crippen LogP contribution in [0.3, 0.4) is 0 Å². The van der Waals surface area contributed by atoms with Crippen LogP contribution in [0.2, 0.25) is 0 Å². The molecule has 3 aromatic carbocycles. The maximum absolute atomic E-state index is 11.1. The van der Waals surface area contributed by atoms with Gasteiger partial charge in [0.2, 0.25) is 0 Å². The van der Waals surface area contributed by atoms with E-state index in [1.165, 1.54) is 23.0 Å². The molecule has 2 nitrogen and oxygen atoms in total. The van der Waals surface area contributed by atoms with E-state index in [1.54, 1.807) is 0 Å². The van der Waals surface area contributed by atoms with Gasteiger partial charge >= 0.3 is 5.97 Å². The Hall–Kier alpha value is -2.49. The lowest BCUT2D eigenvalue weighted by atomic mass is 10.2. The lowest BCUT2D eigenvalue weighted by molar-refractivity contribution is -0.140. The lowest BCUT2D eigenvalue weighted by Gasteiger charge is -2.27. The fourth-order valence-electron chi connectivity index (χ4n) is 4.39. The smallest absolute Gasteiger partial charge is 0.305 e. The first kappa shape index (κ1) is 30.7. The number of hydrogen-bond donors (Lipinski definition) is 0. The van der Waals surface area contributed by atoms with Crippen molar-refractivity contribution in [2.75, 3.05) is 13.3 Å². The number of benzene rings is 3. The van der Waals surface area contributed by atoms with E-state index in [1.807, 2.05) is 0 Å². The second-order valence-electron chi connectivity index (χ2n) is 8.68. The summed E-state index contributed by atoms with van der Waals surface area (Å²) in [7, 11) is -0.313. The molecule has 0 N–H and O–H groups in total. The average molecular weight is 625 g/mol. The molecule has 4 heteroatoms. The van der Waals surface area contributed by atoms with Gasteiger partial charge in [0.05, 0.1) is 13.3 Å². The Morgan fingerprint density at radius 3 is 1.49 bits per heavy atom. The molecule has 0 aromatic heterocycles. The third kappa shape index (κ3) is 9.72. The number of rotatable bonds is 14. The fraction of sp³-hybridized carbons (Fsp3) is 0.242. The Morgan fingerprint density at radius 2 is 1.05 bits per heavy atom. The molecular weight excluding hydrogens is 586 g/mol. The summed E-state index contributed by atoms with van der Waals surface area (Å²) in [5, 5.41) is 4.32. The van der Waals surface area contributed by atoms with Gasteiger partial charge in [0.25, 0.3) is 0 Å². The van der Waals surface area contributed by atoms with Crippen molar-refractivity contribution in [2.45, 2.75) is 38.5 Å². The molecule has 3 rings (SSSR count). The zero-order valence-corrected chi connectivity index (χ0v) is 24.8. The predicted octanol–water partition coefficient (Wildman–Crippen LogP) is 4.17. The minimum absolute atomic E-state index is 0. The van der Waals surface area contributed by atoms with Gasteiger partial charge in [0.1, 0.15) is 23.2 Å². The van der Waals surface area contributed by atoms with E-state index in [2.05, 4.69) is 132 Å². The first-order valence-corrected chi connectivity index (χ1v) is 14.8. The summed E-state index contributed by atoms with van der Waals surface area (Å²) in [5.41, 5.74) is 0. The van der Waals surface area contributed by atoms with Crippen molar-refractivity contribution in [1.29, 1.82) is 0 Å². The molecular formula is C33H38IO2P. The molecule has 0 atom stereocenters. The van der Waals surface area contributed by atoms with E-state index >= 15 is 0 Å². The minimum atomic E-state index is -1.75. The van der Waals surface area contributed by atoms with E-state index in [0.29, 0.717) is 6.42 Å². The summed E-state index contributed by atoms with van der Waals surface area (Å²) in [6, 6.07) is 33.2. The second kappa shape index (κ2) is 17.9. The van der Waals surface area contributed by atoms with Gasteiger partial charge in [-0.1, -0.05) is 91.1 Å².